The Morgan fingerprint density at radius 1 is 0.759 bits per heavy atom. The van der Waals surface area contributed by atoms with E-state index in [4.69, 9.17) is 37.9 Å². The first-order valence-electron chi connectivity index (χ1n) is 21.8. The molecule has 15 heteroatoms. The van der Waals surface area contributed by atoms with Gasteiger partial charge in [0.15, 0.2) is 18.9 Å². The van der Waals surface area contributed by atoms with Crippen molar-refractivity contribution in [3.05, 3.63) is 11.6 Å². The summed E-state index contributed by atoms with van der Waals surface area (Å²) >= 11 is 0. The van der Waals surface area contributed by atoms with Crippen LogP contribution >= 0.6 is 0 Å². The number of ether oxygens (including phenoxy) is 8. The lowest BCUT2D eigenvalue weighted by Gasteiger charge is -2.65. The van der Waals surface area contributed by atoms with Crippen LogP contribution in [0.15, 0.2) is 11.6 Å². The minimum atomic E-state index is -1.02. The van der Waals surface area contributed by atoms with Crippen LogP contribution in [0.5, 0.6) is 0 Å². The third kappa shape index (κ3) is 7.49. The van der Waals surface area contributed by atoms with Gasteiger partial charge in [-0.05, 0) is 107 Å². The fourth-order valence-corrected chi connectivity index (χ4v) is 13.1. The maximum absolute atomic E-state index is 12.6. The van der Waals surface area contributed by atoms with Crippen molar-refractivity contribution < 1.29 is 73.0 Å². The van der Waals surface area contributed by atoms with Crippen LogP contribution in [-0.4, -0.2) is 136 Å². The molecule has 0 radical (unpaired) electrons. The molecule has 0 aromatic rings. The number of hydrogen-bond acceptors (Lipinski definition) is 15. The van der Waals surface area contributed by atoms with Gasteiger partial charge in [0.25, 0.3) is 0 Å². The van der Waals surface area contributed by atoms with E-state index in [0.717, 1.165) is 44.1 Å². The molecule has 58 heavy (non-hydrogen) atoms. The Morgan fingerprint density at radius 3 is 1.98 bits per heavy atom. The summed E-state index contributed by atoms with van der Waals surface area (Å²) in [6.07, 6.45) is -1.66. The standard InChI is InChI=1S/C43H66O15/c1-20-38(49)32(55-23(4)44)18-37(52-20)58-40-22(3)54-36(17-31(40)46)57-39-21(2)53-35(16-30(39)45)56-26-9-11-41(5)25(14-26)7-8-28-29(41)15-33(47)42(6)27(10-12-43(28,42)50)24-13-34(48)51-19-24/h13,20-22,25-33,35-40,45-47,49-50H,7-12,14-19H2,1-6H3/t20-,21-,22-,25-,26-,27+,28-,29+,30+,31+,32+,33+,35+,36+,37+,38-,39+,40+,41+,42+,43-/m1/s1. The average Bonchev–Trinajstić information content (AvgIpc) is 3.70. The highest BCUT2D eigenvalue weighted by Gasteiger charge is 2.71. The Balaban J connectivity index is 0.829. The lowest BCUT2D eigenvalue weighted by atomic mass is 9.42. The molecule has 8 aliphatic rings. The molecule has 328 valence electrons. The van der Waals surface area contributed by atoms with E-state index >= 15 is 0 Å². The van der Waals surface area contributed by atoms with Gasteiger partial charge in [-0.1, -0.05) is 13.8 Å². The van der Waals surface area contributed by atoms with Crippen molar-refractivity contribution in [2.75, 3.05) is 6.61 Å². The second-order valence-electron chi connectivity index (χ2n) is 19.4. The summed E-state index contributed by atoms with van der Waals surface area (Å²) in [5, 5.41) is 57.3. The van der Waals surface area contributed by atoms with Gasteiger partial charge in [0, 0.05) is 37.7 Å². The molecule has 21 atom stereocenters. The number of rotatable bonds is 8. The van der Waals surface area contributed by atoms with Gasteiger partial charge in [-0.15, -0.1) is 0 Å². The Labute approximate surface area is 341 Å². The zero-order valence-corrected chi connectivity index (χ0v) is 34.8. The van der Waals surface area contributed by atoms with E-state index in [1.165, 1.54) is 6.92 Å². The number of hydrogen-bond donors (Lipinski definition) is 5. The smallest absolute Gasteiger partial charge is 0.331 e. The molecular weight excluding hydrogens is 756 g/mol. The molecule has 15 nitrogen and oxygen atoms in total. The van der Waals surface area contributed by atoms with Crippen LogP contribution in [0.25, 0.3) is 0 Å². The van der Waals surface area contributed by atoms with E-state index < -0.39 is 96.9 Å². The van der Waals surface area contributed by atoms with Gasteiger partial charge in [-0.2, -0.15) is 0 Å². The van der Waals surface area contributed by atoms with Crippen molar-refractivity contribution in [2.24, 2.45) is 34.5 Å². The largest absolute Gasteiger partial charge is 0.459 e. The number of cyclic esters (lactones) is 1. The topological polar surface area (TPSA) is 209 Å². The van der Waals surface area contributed by atoms with Crippen molar-refractivity contribution in [3.8, 4) is 0 Å². The van der Waals surface area contributed by atoms with Crippen LogP contribution in [-0.2, 0) is 47.5 Å². The Morgan fingerprint density at radius 2 is 1.38 bits per heavy atom. The lowest BCUT2D eigenvalue weighted by Crippen LogP contribution is -2.67. The lowest BCUT2D eigenvalue weighted by molar-refractivity contribution is -0.336. The fourth-order valence-electron chi connectivity index (χ4n) is 13.1. The molecule has 8 rings (SSSR count). The minimum Gasteiger partial charge on any atom is -0.459 e. The van der Waals surface area contributed by atoms with Gasteiger partial charge in [0.1, 0.15) is 31.0 Å². The van der Waals surface area contributed by atoms with Crippen molar-refractivity contribution in [1.29, 1.82) is 0 Å². The van der Waals surface area contributed by atoms with Gasteiger partial charge >= 0.3 is 11.9 Å². The average molecular weight is 823 g/mol. The van der Waals surface area contributed by atoms with Gasteiger partial charge < -0.3 is 63.4 Å². The summed E-state index contributed by atoms with van der Waals surface area (Å²) in [5.74, 6) is -0.345. The van der Waals surface area contributed by atoms with E-state index in [1.54, 1.807) is 19.9 Å². The molecule has 0 aromatic heterocycles. The third-order valence-corrected chi connectivity index (χ3v) is 16.2. The van der Waals surface area contributed by atoms with Crippen molar-refractivity contribution >= 4 is 11.9 Å². The zero-order chi connectivity index (χ0) is 41.5. The van der Waals surface area contributed by atoms with E-state index in [9.17, 15) is 35.1 Å². The van der Waals surface area contributed by atoms with Crippen LogP contribution in [0.2, 0.25) is 0 Å². The van der Waals surface area contributed by atoms with Crippen LogP contribution in [0.4, 0.5) is 0 Å². The fraction of sp³-hybridized carbons (Fsp3) is 0.907. The van der Waals surface area contributed by atoms with Crippen LogP contribution in [0, 0.1) is 34.5 Å². The quantitative estimate of drug-likeness (QED) is 0.176. The second-order valence-corrected chi connectivity index (χ2v) is 19.4. The number of aliphatic hydroxyl groups excluding tert-OH is 4. The SMILES string of the molecule is CC(=O)O[C@H]1C[C@H](O[C@@H]2[C@@H](O)C[C@H](O[C@@H]3[C@@H](O)C[C@H](O[C@@H]4CC[C@@]5(C)[C@H](CC[C@@H]6[C@@H]5C[C@H](O)[C@]5(C)[C@H](C7=CC(=O)OC7)CC[C@@]65O)C4)O[C@@H]3C)O[C@@H]2C)O[C@H](C)[C@H]1O. The van der Waals surface area contributed by atoms with Crippen molar-refractivity contribution in [2.45, 2.75) is 204 Å². The van der Waals surface area contributed by atoms with Crippen molar-refractivity contribution in [1.82, 2.24) is 0 Å². The molecule has 0 amide bonds. The molecule has 4 saturated carbocycles. The predicted molar refractivity (Wildman–Crippen MR) is 202 cm³/mol. The predicted octanol–water partition coefficient (Wildman–Crippen LogP) is 2.79. The second kappa shape index (κ2) is 16.2. The highest BCUT2D eigenvalue weighted by molar-refractivity contribution is 5.85. The molecule has 0 aromatic carbocycles. The summed E-state index contributed by atoms with van der Waals surface area (Å²) in [7, 11) is 0. The maximum Gasteiger partial charge on any atom is 0.331 e. The van der Waals surface area contributed by atoms with E-state index in [1.807, 2.05) is 13.8 Å². The van der Waals surface area contributed by atoms with Crippen molar-refractivity contribution in [3.63, 3.8) is 0 Å². The molecule has 3 saturated heterocycles. The number of esters is 2. The monoisotopic (exact) mass is 822 g/mol. The van der Waals surface area contributed by atoms with Gasteiger partial charge in [-0.3, -0.25) is 4.79 Å². The molecule has 0 bridgehead atoms. The highest BCUT2D eigenvalue weighted by Crippen LogP contribution is 2.70. The molecule has 0 unspecified atom stereocenters. The van der Waals surface area contributed by atoms with Gasteiger partial charge in [0.05, 0.1) is 48.3 Å². The number of carbonyl (C=O) groups is 2. The van der Waals surface area contributed by atoms with E-state index in [2.05, 4.69) is 6.92 Å². The molecular formula is C43H66O15. The summed E-state index contributed by atoms with van der Waals surface area (Å²) in [6, 6.07) is 0. The number of carbonyl (C=O) groups excluding carboxylic acids is 2. The molecule has 5 N–H and O–H groups in total. The molecule has 4 aliphatic heterocycles. The summed E-state index contributed by atoms with van der Waals surface area (Å²) in [4.78, 5) is 23.5. The maximum atomic E-state index is 12.6. The van der Waals surface area contributed by atoms with E-state index in [-0.39, 0.29) is 61.1 Å². The first-order valence-corrected chi connectivity index (χ1v) is 21.8. The number of fused-ring (bicyclic) bond motifs is 5. The minimum absolute atomic E-state index is 0.0561. The molecule has 4 aliphatic carbocycles. The zero-order valence-electron chi connectivity index (χ0n) is 34.8. The van der Waals surface area contributed by atoms with Crippen LogP contribution in [0.3, 0.4) is 0 Å². The highest BCUT2D eigenvalue weighted by atomic mass is 16.7. The van der Waals surface area contributed by atoms with Crippen LogP contribution in [0.1, 0.15) is 112 Å². The normalized spacial score (nSPS) is 53.2. The van der Waals surface area contributed by atoms with E-state index in [0.29, 0.717) is 18.8 Å². The summed E-state index contributed by atoms with van der Waals surface area (Å²) in [5.41, 5.74) is -0.918. The Kier molecular flexibility index (Phi) is 12.0. The molecule has 4 heterocycles. The summed E-state index contributed by atoms with van der Waals surface area (Å²) in [6.45, 7) is 11.2. The van der Waals surface area contributed by atoms with Gasteiger partial charge in [-0.25, -0.2) is 4.79 Å². The van der Waals surface area contributed by atoms with Crippen LogP contribution < -0.4 is 0 Å². The third-order valence-electron chi connectivity index (χ3n) is 16.2. The first kappa shape index (κ1) is 42.9. The number of aliphatic hydroxyl groups is 5. The first-order chi connectivity index (χ1) is 27.4. The Bertz CT molecular complexity index is 1530. The molecule has 0 spiro atoms. The summed E-state index contributed by atoms with van der Waals surface area (Å²) < 4.78 is 47.7. The van der Waals surface area contributed by atoms with Gasteiger partial charge in [0.2, 0.25) is 0 Å². The molecule has 7 fully saturated rings. The Hall–Kier alpha value is -1.76.